The number of carbonyl (C=O) groups is 3. The van der Waals surface area contributed by atoms with Gasteiger partial charge in [-0.1, -0.05) is 59.6 Å². The maximum atomic E-state index is 13.2. The average Bonchev–Trinajstić information content (AvgIpc) is 3.21. The molecule has 3 N–H and O–H groups in total. The van der Waals surface area contributed by atoms with Crippen LogP contribution in [0.15, 0.2) is 97.1 Å². The monoisotopic (exact) mass is 887 g/mol. The molecule has 0 saturated carbocycles. The van der Waals surface area contributed by atoms with Crippen LogP contribution in [-0.4, -0.2) is 113 Å². The number of rotatable bonds is 11. The van der Waals surface area contributed by atoms with Gasteiger partial charge in [0.2, 0.25) is 17.7 Å². The molecule has 62 heavy (non-hydrogen) atoms. The third-order valence-electron chi connectivity index (χ3n) is 11.0. The van der Waals surface area contributed by atoms with Crippen molar-refractivity contribution in [1.82, 2.24) is 24.5 Å². The molecule has 2 heterocycles. The largest absolute Gasteiger partial charge is 0.398 e. The molecule has 2 fully saturated rings. The van der Waals surface area contributed by atoms with E-state index in [1.165, 1.54) is 24.3 Å². The van der Waals surface area contributed by atoms with Crippen LogP contribution in [0.3, 0.4) is 0 Å². The van der Waals surface area contributed by atoms with E-state index in [9.17, 15) is 23.2 Å². The molecule has 3 amide bonds. The van der Waals surface area contributed by atoms with Gasteiger partial charge in [-0.05, 0) is 125 Å². The van der Waals surface area contributed by atoms with Gasteiger partial charge < -0.3 is 25.8 Å². The Labute approximate surface area is 374 Å². The molecule has 4 aromatic carbocycles. The van der Waals surface area contributed by atoms with Gasteiger partial charge in [0.05, 0.1) is 6.54 Å². The second-order valence-electron chi connectivity index (χ2n) is 16.4. The Kier molecular flexibility index (Phi) is 17.2. The zero-order valence-electron chi connectivity index (χ0n) is 36.2. The lowest BCUT2D eigenvalue weighted by Crippen LogP contribution is -2.57. The summed E-state index contributed by atoms with van der Waals surface area (Å²) in [6.07, 6.45) is 6.56. The summed E-state index contributed by atoms with van der Waals surface area (Å²) >= 11 is 12.0. The number of likely N-dealkylation sites (N-methyl/N-ethyl adjacent to an activating group) is 1. The van der Waals surface area contributed by atoms with Crippen LogP contribution < -0.4 is 11.1 Å². The molecule has 4 aromatic rings. The van der Waals surface area contributed by atoms with Gasteiger partial charge >= 0.3 is 0 Å². The van der Waals surface area contributed by atoms with Crippen LogP contribution >= 0.6 is 23.2 Å². The quantitative estimate of drug-likeness (QED) is 0.115. The molecule has 4 atom stereocenters. The first-order valence-electron chi connectivity index (χ1n) is 20.7. The maximum absolute atomic E-state index is 13.2. The van der Waals surface area contributed by atoms with Crippen LogP contribution in [0.25, 0.3) is 12.2 Å². The lowest BCUT2D eigenvalue weighted by Gasteiger charge is -2.44. The Balaban J connectivity index is 0.000000238. The highest BCUT2D eigenvalue weighted by Gasteiger charge is 2.32. The Hall–Kier alpha value is -5.11. The summed E-state index contributed by atoms with van der Waals surface area (Å²) < 4.78 is 26.3. The standard InChI is InChI=1S/C26H32ClFN4O2.C22H25ClFN3O/c1-18-15-32(19(2)14-31(18)16-20-5-10-23(28)11-6-20)26(34)12-8-21-7-9-22(27)13-24(21)29-25(33)17-30(3)4;1-15-13-27(22(28)10-6-18-5-7-19(23)11-21(18)25)16(2)12-26(15)14-17-3-8-20(24)9-4-17/h5-13,18-19H,14-17H2,1-4H3,(H,29,33);3-11,15-16H,12-14,25H2,1-2H3/b12-8+;10-6+/t18-,19+;15-,16+/m00/s1. The van der Waals surface area contributed by atoms with Crippen molar-refractivity contribution in [1.29, 1.82) is 0 Å². The fraction of sp³-hybridized carbons (Fsp3) is 0.354. The summed E-state index contributed by atoms with van der Waals surface area (Å²) in [5.74, 6) is -0.744. The number of nitrogens with one attached hydrogen (secondary N) is 1. The van der Waals surface area contributed by atoms with Crippen LogP contribution in [-0.2, 0) is 27.5 Å². The van der Waals surface area contributed by atoms with Gasteiger partial charge in [-0.2, -0.15) is 0 Å². The van der Waals surface area contributed by atoms with E-state index in [1.54, 1.807) is 77.7 Å². The molecule has 6 rings (SSSR count). The van der Waals surface area contributed by atoms with Crippen molar-refractivity contribution in [3.63, 3.8) is 0 Å². The highest BCUT2D eigenvalue weighted by Crippen LogP contribution is 2.25. The lowest BCUT2D eigenvalue weighted by molar-refractivity contribution is -0.132. The number of anilines is 2. The first-order valence-corrected chi connectivity index (χ1v) is 21.4. The number of piperazine rings is 2. The molecule has 2 aliphatic rings. The van der Waals surface area contributed by atoms with Crippen molar-refractivity contribution in [2.24, 2.45) is 0 Å². The summed E-state index contributed by atoms with van der Waals surface area (Å²) in [6, 6.07) is 24.0. The minimum atomic E-state index is -0.242. The fourth-order valence-corrected chi connectivity index (χ4v) is 7.92. The molecule has 0 spiro atoms. The average molecular weight is 889 g/mol. The summed E-state index contributed by atoms with van der Waals surface area (Å²) in [7, 11) is 3.64. The van der Waals surface area contributed by atoms with Crippen LogP contribution in [0.2, 0.25) is 10.0 Å². The SMILES string of the molecule is C[C@@H]1CN(Cc2ccc(F)cc2)[C@@H](C)CN1C(=O)/C=C/c1ccc(Cl)cc1N.C[C@@H]1CN(Cc2ccc(F)cc2)[C@@H](C)CN1C(=O)/C=C/c1ccc(Cl)cc1NC(=O)CN(C)C. The molecule has 2 saturated heterocycles. The summed E-state index contributed by atoms with van der Waals surface area (Å²) in [5.41, 5.74) is 10.6. The van der Waals surface area contributed by atoms with Gasteiger partial charge in [0.25, 0.3) is 0 Å². The predicted octanol–water partition coefficient (Wildman–Crippen LogP) is 8.31. The highest BCUT2D eigenvalue weighted by molar-refractivity contribution is 6.31. The third-order valence-corrected chi connectivity index (χ3v) is 11.5. The highest BCUT2D eigenvalue weighted by atomic mass is 35.5. The summed E-state index contributed by atoms with van der Waals surface area (Å²) in [6.45, 7) is 12.7. The van der Waals surface area contributed by atoms with E-state index in [-0.39, 0.29) is 60.1 Å². The van der Waals surface area contributed by atoms with Crippen LogP contribution in [0, 0.1) is 11.6 Å². The number of benzene rings is 4. The number of nitrogens with two attached hydrogens (primary N) is 1. The van der Waals surface area contributed by atoms with E-state index in [0.29, 0.717) is 46.6 Å². The number of halogens is 4. The smallest absolute Gasteiger partial charge is 0.246 e. The molecule has 2 aliphatic heterocycles. The van der Waals surface area contributed by atoms with Gasteiger partial charge in [-0.3, -0.25) is 24.2 Å². The zero-order valence-corrected chi connectivity index (χ0v) is 37.7. The van der Waals surface area contributed by atoms with E-state index in [4.69, 9.17) is 28.9 Å². The molecule has 10 nitrogen and oxygen atoms in total. The molecule has 330 valence electrons. The van der Waals surface area contributed by atoms with Gasteiger partial charge in [0.1, 0.15) is 11.6 Å². The summed E-state index contributed by atoms with van der Waals surface area (Å²) in [5, 5.41) is 3.94. The fourth-order valence-electron chi connectivity index (χ4n) is 7.57. The van der Waals surface area contributed by atoms with Crippen LogP contribution in [0.5, 0.6) is 0 Å². The number of amides is 3. The molecule has 0 aromatic heterocycles. The first kappa shape index (κ1) is 47.9. The second kappa shape index (κ2) is 22.3. The molecule has 0 bridgehead atoms. The van der Waals surface area contributed by atoms with Crippen molar-refractivity contribution in [2.45, 2.75) is 65.0 Å². The van der Waals surface area contributed by atoms with Gasteiger partial charge in [0.15, 0.2) is 0 Å². The van der Waals surface area contributed by atoms with Crippen molar-refractivity contribution in [2.75, 3.05) is 57.9 Å². The Morgan fingerprint density at radius 3 is 1.55 bits per heavy atom. The van der Waals surface area contributed by atoms with E-state index >= 15 is 0 Å². The molecular formula is C48H57Cl2F2N7O3. The maximum Gasteiger partial charge on any atom is 0.246 e. The molecule has 0 radical (unpaired) electrons. The minimum Gasteiger partial charge on any atom is -0.398 e. The van der Waals surface area contributed by atoms with Crippen LogP contribution in [0.4, 0.5) is 20.2 Å². The van der Waals surface area contributed by atoms with E-state index in [2.05, 4.69) is 29.0 Å². The Morgan fingerprint density at radius 2 is 1.10 bits per heavy atom. The third kappa shape index (κ3) is 14.0. The number of hydrogen-bond donors (Lipinski definition) is 2. The number of nitrogens with zero attached hydrogens (tertiary/aromatic N) is 5. The molecule has 14 heteroatoms. The van der Waals surface area contributed by atoms with Crippen molar-refractivity contribution >= 4 is 64.5 Å². The molecule has 0 unspecified atom stereocenters. The zero-order chi connectivity index (χ0) is 45.1. The van der Waals surface area contributed by atoms with Gasteiger partial charge in [-0.15, -0.1) is 0 Å². The van der Waals surface area contributed by atoms with Gasteiger partial charge in [0, 0.05) is 97.0 Å². The van der Waals surface area contributed by atoms with E-state index in [0.717, 1.165) is 36.3 Å². The number of hydrogen-bond acceptors (Lipinski definition) is 7. The van der Waals surface area contributed by atoms with Crippen molar-refractivity contribution < 1.29 is 23.2 Å². The Bertz CT molecular complexity index is 2220. The van der Waals surface area contributed by atoms with Crippen molar-refractivity contribution in [3.05, 3.63) is 141 Å². The molecule has 0 aliphatic carbocycles. The van der Waals surface area contributed by atoms with E-state index < -0.39 is 0 Å². The topological polar surface area (TPSA) is 105 Å². The minimum absolute atomic E-state index is 0.0262. The number of carbonyl (C=O) groups excluding carboxylic acids is 3. The molecular weight excluding hydrogens is 831 g/mol. The van der Waals surface area contributed by atoms with Crippen LogP contribution in [0.1, 0.15) is 49.9 Å². The van der Waals surface area contributed by atoms with Gasteiger partial charge in [-0.25, -0.2) is 8.78 Å². The number of nitrogen functional groups attached to an aromatic ring is 1. The normalized spacial score (nSPS) is 19.8. The van der Waals surface area contributed by atoms with Crippen molar-refractivity contribution in [3.8, 4) is 0 Å². The first-order chi connectivity index (χ1) is 29.4. The predicted molar refractivity (Wildman–Crippen MR) is 247 cm³/mol. The van der Waals surface area contributed by atoms with E-state index in [1.807, 2.05) is 49.9 Å². The lowest BCUT2D eigenvalue weighted by atomic mass is 10.1. The summed E-state index contributed by atoms with van der Waals surface area (Å²) in [4.78, 5) is 48.1. The second-order valence-corrected chi connectivity index (χ2v) is 17.3. The Morgan fingerprint density at radius 1 is 0.661 bits per heavy atom.